The summed E-state index contributed by atoms with van der Waals surface area (Å²) in [5.41, 5.74) is 9.35. The zero-order chi connectivity index (χ0) is 36.8. The summed E-state index contributed by atoms with van der Waals surface area (Å²) in [6.45, 7) is 6.66. The van der Waals surface area contributed by atoms with Gasteiger partial charge in [-0.2, -0.15) is 15.3 Å². The Morgan fingerprint density at radius 1 is 0.418 bits per heavy atom. The van der Waals surface area contributed by atoms with Crippen LogP contribution < -0.4 is 0 Å². The summed E-state index contributed by atoms with van der Waals surface area (Å²) < 4.78 is 22.9. The molecule has 0 amide bonds. The summed E-state index contributed by atoms with van der Waals surface area (Å²) >= 11 is 0. The zero-order valence-electron chi connectivity index (χ0n) is 31.2. The molecule has 6 aromatic heterocycles. The maximum Gasteiger partial charge on any atom is 0.0569 e. The van der Waals surface area contributed by atoms with Crippen LogP contribution in [0.15, 0.2) is 92.2 Å². The number of aromatic nitrogens is 9. The second-order valence-corrected chi connectivity index (χ2v) is 14.9. The highest BCUT2D eigenvalue weighted by atomic mass is 16.5. The van der Waals surface area contributed by atoms with Crippen molar-refractivity contribution in [2.24, 2.45) is 0 Å². The van der Waals surface area contributed by atoms with E-state index in [-0.39, 0.29) is 0 Å². The van der Waals surface area contributed by atoms with Gasteiger partial charge in [0.05, 0.1) is 53.8 Å². The molecule has 3 aliphatic heterocycles. The molecule has 0 radical (unpaired) electrons. The Balaban J connectivity index is 0.904. The Labute approximate surface area is 321 Å². The van der Waals surface area contributed by atoms with E-state index < -0.39 is 0 Å². The van der Waals surface area contributed by atoms with Gasteiger partial charge in [-0.25, -0.2) is 0 Å². The van der Waals surface area contributed by atoms with Crippen molar-refractivity contribution in [2.75, 3.05) is 39.6 Å². The monoisotopic (exact) mass is 740 g/mol. The number of pyridine rings is 3. The summed E-state index contributed by atoms with van der Waals surface area (Å²) in [7, 11) is 0. The van der Waals surface area contributed by atoms with Crippen LogP contribution >= 0.6 is 0 Å². The van der Waals surface area contributed by atoms with E-state index >= 15 is 0 Å². The number of hydrogen-bond acceptors (Lipinski definition) is 10. The molecule has 0 saturated carbocycles. The average molecular weight is 741 g/mol. The average Bonchev–Trinajstić information content (AvgIpc) is 4.06. The van der Waals surface area contributed by atoms with Crippen LogP contribution in [0.1, 0.15) is 73.7 Å². The van der Waals surface area contributed by atoms with Crippen LogP contribution in [0.4, 0.5) is 0 Å². The lowest BCUT2D eigenvalue weighted by Gasteiger charge is -2.22. The fourth-order valence-corrected chi connectivity index (χ4v) is 7.83. The predicted octanol–water partition coefficient (Wildman–Crippen LogP) is 6.72. The third-order valence-electron chi connectivity index (χ3n) is 11.1. The van der Waals surface area contributed by atoms with E-state index in [1.807, 2.05) is 37.2 Å². The predicted molar refractivity (Wildman–Crippen MR) is 207 cm³/mol. The van der Waals surface area contributed by atoms with Crippen LogP contribution in [0.3, 0.4) is 0 Å². The summed E-state index contributed by atoms with van der Waals surface area (Å²) in [4.78, 5) is 17.1. The molecule has 0 aliphatic carbocycles. The van der Waals surface area contributed by atoms with Gasteiger partial charge in [0, 0.05) is 130 Å². The maximum atomic E-state index is 5.54. The molecule has 0 unspecified atom stereocenters. The number of nitrogens with zero attached hydrogens (tertiary/aromatic N) is 10. The molecule has 3 fully saturated rings. The maximum absolute atomic E-state index is 5.54. The van der Waals surface area contributed by atoms with Crippen molar-refractivity contribution in [2.45, 2.75) is 76.3 Å². The lowest BCUT2D eigenvalue weighted by Crippen LogP contribution is -2.24. The molecular formula is C42H48N10O3. The standard InChI is InChI=1S/C42H48N10O3/c1-4-37(43-19-31(1)34-22-46-50(25-34)40-7-13-53-14-8-40)28-49(29-38-5-2-32(20-44-38)35-23-47-51(26-35)41-9-15-54-16-10-41)30-39-6-3-33(21-45-39)36-24-48-52(27-36)42-11-17-55-18-12-42/h1-6,19-27,40-42H,7-18,28-30H2. The molecule has 3 saturated heterocycles. The minimum absolute atomic E-state index is 0.387. The number of ether oxygens (including phenoxy) is 3. The van der Waals surface area contributed by atoms with Crippen molar-refractivity contribution < 1.29 is 14.2 Å². The van der Waals surface area contributed by atoms with E-state index in [9.17, 15) is 0 Å². The Kier molecular flexibility index (Phi) is 10.8. The lowest BCUT2D eigenvalue weighted by atomic mass is 10.1. The first kappa shape index (κ1) is 35.6. The first-order valence-corrected chi connectivity index (χ1v) is 19.6. The fraction of sp³-hybridized carbons (Fsp3) is 0.429. The molecule has 6 aromatic rings. The molecule has 13 heteroatoms. The highest BCUT2D eigenvalue weighted by Crippen LogP contribution is 2.28. The van der Waals surface area contributed by atoms with Crippen LogP contribution in [-0.4, -0.2) is 88.8 Å². The second kappa shape index (κ2) is 16.7. The van der Waals surface area contributed by atoms with Gasteiger partial charge in [0.1, 0.15) is 0 Å². The van der Waals surface area contributed by atoms with E-state index in [0.29, 0.717) is 37.8 Å². The van der Waals surface area contributed by atoms with Crippen LogP contribution in [-0.2, 0) is 33.8 Å². The minimum Gasteiger partial charge on any atom is -0.381 e. The van der Waals surface area contributed by atoms with Gasteiger partial charge in [-0.15, -0.1) is 0 Å². The molecule has 9 rings (SSSR count). The third-order valence-corrected chi connectivity index (χ3v) is 11.1. The SMILES string of the molecule is c1cc(CN(Cc2ccc(-c3cnn(C4CCOCC4)c3)cn2)Cc2ccc(-c3cnn(C4CCOCC4)c3)cn2)ncc1-c1cnn(C2CCOCC2)c1. The molecule has 13 nitrogen and oxygen atoms in total. The van der Waals surface area contributed by atoms with Crippen LogP contribution in [0.5, 0.6) is 0 Å². The quantitative estimate of drug-likeness (QED) is 0.134. The summed E-state index contributed by atoms with van der Waals surface area (Å²) in [6.07, 6.45) is 24.0. The van der Waals surface area contributed by atoms with Crippen molar-refractivity contribution in [3.8, 4) is 33.4 Å². The van der Waals surface area contributed by atoms with Gasteiger partial charge in [0.25, 0.3) is 0 Å². The molecule has 0 bridgehead atoms. The van der Waals surface area contributed by atoms with E-state index in [2.05, 4.69) is 89.2 Å². The van der Waals surface area contributed by atoms with Crippen LogP contribution in [0.25, 0.3) is 33.4 Å². The fourth-order valence-electron chi connectivity index (χ4n) is 7.83. The molecule has 284 valence electrons. The highest BCUT2D eigenvalue weighted by Gasteiger charge is 2.20. The summed E-state index contributed by atoms with van der Waals surface area (Å²) in [5, 5.41) is 14.0. The molecule has 0 spiro atoms. The largest absolute Gasteiger partial charge is 0.381 e. The van der Waals surface area contributed by atoms with E-state index in [1.54, 1.807) is 0 Å². The molecule has 0 N–H and O–H groups in total. The number of hydrogen-bond donors (Lipinski definition) is 0. The molecule has 55 heavy (non-hydrogen) atoms. The topological polar surface area (TPSA) is 123 Å². The molecule has 3 aliphatic rings. The zero-order valence-corrected chi connectivity index (χ0v) is 31.2. The summed E-state index contributed by atoms with van der Waals surface area (Å²) in [6, 6.07) is 14.0. The smallest absolute Gasteiger partial charge is 0.0569 e. The highest BCUT2D eigenvalue weighted by molar-refractivity contribution is 5.62. The molecule has 0 aromatic carbocycles. The lowest BCUT2D eigenvalue weighted by molar-refractivity contribution is 0.0661. The minimum atomic E-state index is 0.387. The Morgan fingerprint density at radius 3 is 1.00 bits per heavy atom. The van der Waals surface area contributed by atoms with Crippen LogP contribution in [0, 0.1) is 0 Å². The van der Waals surface area contributed by atoms with E-state index in [1.165, 1.54) is 0 Å². The van der Waals surface area contributed by atoms with Gasteiger partial charge in [-0.3, -0.25) is 33.9 Å². The van der Waals surface area contributed by atoms with E-state index in [0.717, 1.165) is 129 Å². The van der Waals surface area contributed by atoms with Gasteiger partial charge >= 0.3 is 0 Å². The normalized spacial score (nSPS) is 17.6. The third kappa shape index (κ3) is 8.60. The summed E-state index contributed by atoms with van der Waals surface area (Å²) in [5.74, 6) is 0. The Hall–Kier alpha value is -5.08. The van der Waals surface area contributed by atoms with Gasteiger partial charge in [0.2, 0.25) is 0 Å². The molecular weight excluding hydrogens is 693 g/mol. The Bertz CT molecular complexity index is 1870. The molecule has 9 heterocycles. The first-order valence-electron chi connectivity index (χ1n) is 19.6. The van der Waals surface area contributed by atoms with Gasteiger partial charge in [0.15, 0.2) is 0 Å². The van der Waals surface area contributed by atoms with Crippen molar-refractivity contribution in [3.05, 3.63) is 109 Å². The van der Waals surface area contributed by atoms with Gasteiger partial charge < -0.3 is 14.2 Å². The van der Waals surface area contributed by atoms with Crippen molar-refractivity contribution in [3.63, 3.8) is 0 Å². The Morgan fingerprint density at radius 2 is 0.727 bits per heavy atom. The van der Waals surface area contributed by atoms with E-state index in [4.69, 9.17) is 29.2 Å². The molecule has 0 atom stereocenters. The second-order valence-electron chi connectivity index (χ2n) is 14.9. The van der Waals surface area contributed by atoms with Crippen LogP contribution in [0.2, 0.25) is 0 Å². The van der Waals surface area contributed by atoms with Crippen molar-refractivity contribution >= 4 is 0 Å². The van der Waals surface area contributed by atoms with Gasteiger partial charge in [-0.1, -0.05) is 18.2 Å². The van der Waals surface area contributed by atoms with Gasteiger partial charge in [-0.05, 0) is 56.7 Å². The van der Waals surface area contributed by atoms with Crippen molar-refractivity contribution in [1.82, 2.24) is 49.2 Å². The number of rotatable bonds is 12. The van der Waals surface area contributed by atoms with Crippen molar-refractivity contribution in [1.29, 1.82) is 0 Å². The first-order chi connectivity index (χ1) is 27.2.